The molecule has 0 bridgehead atoms. The van der Waals surface area contributed by atoms with Crippen LogP contribution >= 0.6 is 0 Å². The quantitative estimate of drug-likeness (QED) is 0.400. The second kappa shape index (κ2) is 12.6. The van der Waals surface area contributed by atoms with E-state index >= 15 is 0 Å². The molecule has 37 heavy (non-hydrogen) atoms. The van der Waals surface area contributed by atoms with Gasteiger partial charge >= 0.3 is 11.9 Å². The molecule has 0 fully saturated rings. The zero-order valence-electron chi connectivity index (χ0n) is 21.5. The summed E-state index contributed by atoms with van der Waals surface area (Å²) in [5.74, 6) is -0.528. The maximum atomic E-state index is 9.55. The van der Waals surface area contributed by atoms with Gasteiger partial charge < -0.3 is 25.2 Å². The molecule has 2 atom stereocenters. The van der Waals surface area contributed by atoms with Crippen molar-refractivity contribution in [3.05, 3.63) is 95.4 Å². The molecule has 0 aromatic heterocycles. The van der Waals surface area contributed by atoms with Crippen LogP contribution in [-0.2, 0) is 9.59 Å². The molecule has 9 nitrogen and oxygen atoms in total. The first-order chi connectivity index (χ1) is 17.7. The molecular weight excluding hydrogens is 472 g/mol. The van der Waals surface area contributed by atoms with Crippen molar-refractivity contribution in [1.82, 2.24) is 15.6 Å². The van der Waals surface area contributed by atoms with Crippen LogP contribution in [0.5, 0.6) is 5.75 Å². The Morgan fingerprint density at radius 3 is 2.27 bits per heavy atom. The standard InChI is InChI=1S/C24H30N4O.C4H4O4/c1-17-7-11-20(12-8-17)28-23(22-6-5-15-25-24(22)26-28)19-9-13-21(14-10-19)29-16-18(2)27(3)4;5-3(6)1-2-4(7)8/h5-14,18,23,25-26H,15-16H2,1-4H3;1-2H,(H,5,6)(H,7,8)/b;2-1-. The Balaban J connectivity index is 0.000000414. The summed E-state index contributed by atoms with van der Waals surface area (Å²) in [6.45, 7) is 5.79. The minimum Gasteiger partial charge on any atom is -0.492 e. The van der Waals surface area contributed by atoms with E-state index in [2.05, 4.69) is 109 Å². The van der Waals surface area contributed by atoms with E-state index in [-0.39, 0.29) is 6.04 Å². The summed E-state index contributed by atoms with van der Waals surface area (Å²) in [5, 5.41) is 21.3. The Morgan fingerprint density at radius 2 is 1.70 bits per heavy atom. The Kier molecular flexibility index (Phi) is 9.34. The van der Waals surface area contributed by atoms with Crippen molar-refractivity contribution in [1.29, 1.82) is 0 Å². The highest BCUT2D eigenvalue weighted by molar-refractivity contribution is 5.89. The number of anilines is 1. The van der Waals surface area contributed by atoms with Gasteiger partial charge in [-0.15, -0.1) is 0 Å². The van der Waals surface area contributed by atoms with Crippen LogP contribution in [-0.4, -0.2) is 60.3 Å². The fourth-order valence-electron chi connectivity index (χ4n) is 3.69. The summed E-state index contributed by atoms with van der Waals surface area (Å²) in [6, 6.07) is 17.6. The third-order valence-corrected chi connectivity index (χ3v) is 6.02. The summed E-state index contributed by atoms with van der Waals surface area (Å²) in [4.78, 5) is 21.3. The van der Waals surface area contributed by atoms with E-state index in [1.54, 1.807) is 0 Å². The number of nitrogens with one attached hydrogen (secondary N) is 2. The van der Waals surface area contributed by atoms with Crippen LogP contribution in [0, 0.1) is 6.92 Å². The molecule has 4 rings (SSSR count). The van der Waals surface area contributed by atoms with Gasteiger partial charge in [0.25, 0.3) is 0 Å². The second-order valence-electron chi connectivity index (χ2n) is 9.04. The average molecular weight is 507 g/mol. The van der Waals surface area contributed by atoms with Crippen molar-refractivity contribution < 1.29 is 24.5 Å². The van der Waals surface area contributed by atoms with Crippen LogP contribution in [0.15, 0.2) is 84.2 Å². The zero-order chi connectivity index (χ0) is 26.9. The maximum absolute atomic E-state index is 9.55. The molecule has 0 spiro atoms. The van der Waals surface area contributed by atoms with Crippen molar-refractivity contribution in [3.8, 4) is 5.75 Å². The van der Waals surface area contributed by atoms with Crippen LogP contribution in [0.3, 0.4) is 0 Å². The van der Waals surface area contributed by atoms with Crippen LogP contribution in [0.1, 0.15) is 24.1 Å². The number of aryl methyl sites for hydroxylation is 1. The topological polar surface area (TPSA) is 114 Å². The zero-order valence-corrected chi connectivity index (χ0v) is 21.5. The van der Waals surface area contributed by atoms with Gasteiger partial charge in [0.15, 0.2) is 0 Å². The smallest absolute Gasteiger partial charge is 0.328 e. The van der Waals surface area contributed by atoms with Gasteiger partial charge in [-0.25, -0.2) is 9.59 Å². The number of dihydropyridines is 1. The third kappa shape index (κ3) is 7.62. The van der Waals surface area contributed by atoms with E-state index in [0.717, 1.165) is 23.8 Å². The summed E-state index contributed by atoms with van der Waals surface area (Å²) in [6.07, 6.45) is 5.51. The maximum Gasteiger partial charge on any atom is 0.328 e. The number of hydrazine groups is 1. The molecule has 0 aliphatic carbocycles. The SMILES string of the molecule is Cc1ccc(N2NC3=C(C=CCN3)C2c2ccc(OCC(C)N(C)C)cc2)cc1.O=C(O)/C=C\C(=O)O. The molecule has 2 aliphatic heterocycles. The normalized spacial score (nSPS) is 17.0. The lowest BCUT2D eigenvalue weighted by atomic mass is 9.97. The Labute approximate surface area is 217 Å². The van der Waals surface area contributed by atoms with Gasteiger partial charge in [0.05, 0.1) is 5.69 Å². The van der Waals surface area contributed by atoms with Crippen LogP contribution < -0.4 is 20.5 Å². The number of carbonyl (C=O) groups is 2. The van der Waals surface area contributed by atoms with E-state index in [9.17, 15) is 9.59 Å². The molecule has 2 unspecified atom stereocenters. The van der Waals surface area contributed by atoms with Gasteiger partial charge in [-0.3, -0.25) is 10.4 Å². The van der Waals surface area contributed by atoms with Crippen LogP contribution in [0.2, 0.25) is 0 Å². The van der Waals surface area contributed by atoms with Gasteiger partial charge in [-0.1, -0.05) is 42.0 Å². The summed E-state index contributed by atoms with van der Waals surface area (Å²) >= 11 is 0. The van der Waals surface area contributed by atoms with E-state index < -0.39 is 11.9 Å². The van der Waals surface area contributed by atoms with E-state index in [1.807, 2.05) is 0 Å². The molecule has 4 N–H and O–H groups in total. The average Bonchev–Trinajstić information content (AvgIpc) is 3.26. The summed E-state index contributed by atoms with van der Waals surface area (Å²) < 4.78 is 5.97. The molecule has 9 heteroatoms. The van der Waals surface area contributed by atoms with Crippen molar-refractivity contribution in [2.24, 2.45) is 0 Å². The van der Waals surface area contributed by atoms with E-state index in [0.29, 0.717) is 24.8 Å². The molecule has 0 saturated heterocycles. The summed E-state index contributed by atoms with van der Waals surface area (Å²) in [7, 11) is 4.14. The van der Waals surface area contributed by atoms with Gasteiger partial charge in [-0.2, -0.15) is 0 Å². The number of nitrogens with zero attached hydrogens (tertiary/aromatic N) is 2. The van der Waals surface area contributed by atoms with Gasteiger partial charge in [0.1, 0.15) is 24.2 Å². The Morgan fingerprint density at radius 1 is 1.08 bits per heavy atom. The van der Waals surface area contributed by atoms with E-state index in [1.165, 1.54) is 16.7 Å². The number of likely N-dealkylation sites (N-methyl/N-ethyl adjacent to an activating group) is 1. The first-order valence-electron chi connectivity index (χ1n) is 12.0. The number of carboxylic acids is 2. The van der Waals surface area contributed by atoms with Crippen molar-refractivity contribution >= 4 is 17.6 Å². The van der Waals surface area contributed by atoms with Crippen LogP contribution in [0.25, 0.3) is 0 Å². The highest BCUT2D eigenvalue weighted by Gasteiger charge is 2.34. The number of rotatable bonds is 8. The predicted octanol–water partition coefficient (Wildman–Crippen LogP) is 3.47. The molecule has 2 heterocycles. The molecule has 196 valence electrons. The van der Waals surface area contributed by atoms with Gasteiger partial charge in [0.2, 0.25) is 0 Å². The fraction of sp³-hybridized carbons (Fsp3) is 0.286. The number of aliphatic carboxylic acids is 2. The Bertz CT molecular complexity index is 1150. The monoisotopic (exact) mass is 506 g/mol. The molecule has 2 aromatic carbocycles. The van der Waals surface area contributed by atoms with Crippen molar-refractivity contribution in [2.45, 2.75) is 25.9 Å². The molecule has 0 radical (unpaired) electrons. The molecule has 0 saturated carbocycles. The third-order valence-electron chi connectivity index (χ3n) is 6.02. The molecule has 0 amide bonds. The highest BCUT2D eigenvalue weighted by Crippen LogP contribution is 2.39. The number of hydrogen-bond acceptors (Lipinski definition) is 7. The van der Waals surface area contributed by atoms with Crippen molar-refractivity contribution in [3.63, 3.8) is 0 Å². The van der Waals surface area contributed by atoms with Crippen molar-refractivity contribution in [2.75, 3.05) is 32.3 Å². The number of benzene rings is 2. The summed E-state index contributed by atoms with van der Waals surface area (Å²) in [5.41, 5.74) is 8.44. The largest absolute Gasteiger partial charge is 0.492 e. The minimum atomic E-state index is -1.26. The minimum absolute atomic E-state index is 0.103. The molecule has 2 aliphatic rings. The van der Waals surface area contributed by atoms with Gasteiger partial charge in [-0.05, 0) is 57.8 Å². The van der Waals surface area contributed by atoms with E-state index in [4.69, 9.17) is 14.9 Å². The second-order valence-corrected chi connectivity index (χ2v) is 9.04. The van der Waals surface area contributed by atoms with Crippen LogP contribution in [0.4, 0.5) is 5.69 Å². The number of carboxylic acid groups (broad SMARTS) is 2. The Hall–Kier alpha value is -4.24. The van der Waals surface area contributed by atoms with Gasteiger partial charge in [0, 0.05) is 30.3 Å². The fourth-order valence-corrected chi connectivity index (χ4v) is 3.69. The highest BCUT2D eigenvalue weighted by atomic mass is 16.5. The lowest BCUT2D eigenvalue weighted by Crippen LogP contribution is -2.37. The predicted molar refractivity (Wildman–Crippen MR) is 143 cm³/mol. The lowest BCUT2D eigenvalue weighted by Gasteiger charge is -2.28. The number of ether oxygens (including phenoxy) is 1. The first-order valence-corrected chi connectivity index (χ1v) is 12.0. The first kappa shape index (κ1) is 27.3. The lowest BCUT2D eigenvalue weighted by molar-refractivity contribution is -0.134. The molecular formula is C28H34N4O5. The molecule has 2 aromatic rings. The number of hydrogen-bond donors (Lipinski definition) is 4.